The molecule has 0 unspecified atom stereocenters. The second-order valence-corrected chi connectivity index (χ2v) is 6.72. The van der Waals surface area contributed by atoms with Crippen molar-refractivity contribution in [3.63, 3.8) is 0 Å². The van der Waals surface area contributed by atoms with Gasteiger partial charge in [0.2, 0.25) is 5.91 Å². The lowest BCUT2D eigenvalue weighted by Crippen LogP contribution is -2.25. The van der Waals surface area contributed by atoms with Crippen molar-refractivity contribution in [1.82, 2.24) is 4.57 Å². The number of benzene rings is 1. The van der Waals surface area contributed by atoms with Crippen molar-refractivity contribution in [2.75, 3.05) is 5.32 Å². The average molecular weight is 342 g/mol. The van der Waals surface area contributed by atoms with Crippen LogP contribution in [-0.2, 0) is 11.3 Å². The van der Waals surface area contributed by atoms with Gasteiger partial charge in [-0.1, -0.05) is 37.8 Å². The number of hydrogen-bond acceptors (Lipinski definition) is 2. The molecule has 1 saturated carbocycles. The van der Waals surface area contributed by atoms with Crippen molar-refractivity contribution < 1.29 is 9.18 Å². The molecule has 25 heavy (non-hydrogen) atoms. The number of aromatic nitrogens is 1. The van der Waals surface area contributed by atoms with Gasteiger partial charge < -0.3 is 9.88 Å². The molecule has 1 aromatic heterocycles. The summed E-state index contributed by atoms with van der Waals surface area (Å²) in [5, 5.41) is 2.74. The van der Waals surface area contributed by atoms with E-state index in [2.05, 4.69) is 5.32 Å². The van der Waals surface area contributed by atoms with Crippen LogP contribution in [0, 0.1) is 11.7 Å². The molecule has 1 aliphatic carbocycles. The van der Waals surface area contributed by atoms with Crippen molar-refractivity contribution in [2.24, 2.45) is 5.92 Å². The topological polar surface area (TPSA) is 51.1 Å². The minimum absolute atomic E-state index is 0.108. The van der Waals surface area contributed by atoms with Crippen LogP contribution in [0.3, 0.4) is 0 Å². The second-order valence-electron chi connectivity index (χ2n) is 6.72. The third-order valence-corrected chi connectivity index (χ3v) is 4.81. The average Bonchev–Trinajstić information content (AvgIpc) is 3.12. The summed E-state index contributed by atoms with van der Waals surface area (Å²) in [5.74, 6) is 0.236. The Morgan fingerprint density at radius 2 is 1.88 bits per heavy atom. The van der Waals surface area contributed by atoms with E-state index >= 15 is 0 Å². The molecule has 0 aliphatic heterocycles. The molecule has 1 N–H and O–H groups in total. The molecule has 1 aliphatic rings. The van der Waals surface area contributed by atoms with E-state index in [1.165, 1.54) is 42.4 Å². The van der Waals surface area contributed by atoms with Crippen LogP contribution >= 0.6 is 0 Å². The van der Waals surface area contributed by atoms with Crippen LogP contribution in [0.4, 0.5) is 10.1 Å². The van der Waals surface area contributed by atoms with Crippen molar-refractivity contribution in [3.05, 3.63) is 64.3 Å². The van der Waals surface area contributed by atoms with Gasteiger partial charge in [0.15, 0.2) is 0 Å². The molecule has 0 radical (unpaired) electrons. The van der Waals surface area contributed by atoms with E-state index in [9.17, 15) is 14.0 Å². The van der Waals surface area contributed by atoms with Crippen molar-refractivity contribution in [1.29, 1.82) is 0 Å². The Kier molecular flexibility index (Phi) is 5.64. The van der Waals surface area contributed by atoms with Crippen molar-refractivity contribution >= 4 is 11.6 Å². The van der Waals surface area contributed by atoms with Crippen LogP contribution in [-0.4, -0.2) is 10.5 Å². The summed E-state index contributed by atoms with van der Waals surface area (Å²) in [6.07, 6.45) is 7.96. The minimum Gasteiger partial charge on any atom is -0.321 e. The van der Waals surface area contributed by atoms with Gasteiger partial charge in [-0.25, -0.2) is 4.39 Å². The Hall–Kier alpha value is -2.43. The predicted octanol–water partition coefficient (Wildman–Crippen LogP) is 3.94. The molecule has 1 fully saturated rings. The van der Waals surface area contributed by atoms with E-state index in [1.54, 1.807) is 30.5 Å². The SMILES string of the molecule is O=C(CCC1CCCC1)Nc1cccn(Cc2ccc(F)cc2)c1=O. The molecular weight excluding hydrogens is 319 g/mol. The first-order valence-corrected chi connectivity index (χ1v) is 8.85. The molecule has 1 heterocycles. The Morgan fingerprint density at radius 1 is 1.16 bits per heavy atom. The van der Waals surface area contributed by atoms with E-state index in [4.69, 9.17) is 0 Å². The Bertz CT molecular complexity index is 777. The van der Waals surface area contributed by atoms with Crippen molar-refractivity contribution in [3.8, 4) is 0 Å². The normalized spacial score (nSPS) is 14.6. The number of halogens is 1. The summed E-state index contributed by atoms with van der Waals surface area (Å²) in [4.78, 5) is 24.6. The number of pyridine rings is 1. The van der Waals surface area contributed by atoms with Crippen molar-refractivity contribution in [2.45, 2.75) is 45.1 Å². The summed E-state index contributed by atoms with van der Waals surface area (Å²) in [5.41, 5.74) is 0.871. The molecule has 0 bridgehead atoms. The first kappa shape index (κ1) is 17.4. The van der Waals surface area contributed by atoms with E-state index in [0.29, 0.717) is 24.6 Å². The highest BCUT2D eigenvalue weighted by Crippen LogP contribution is 2.28. The van der Waals surface area contributed by atoms with Crippen LogP contribution < -0.4 is 10.9 Å². The Balaban J connectivity index is 1.62. The third-order valence-electron chi connectivity index (χ3n) is 4.81. The first-order chi connectivity index (χ1) is 12.1. The summed E-state index contributed by atoms with van der Waals surface area (Å²) in [7, 11) is 0. The summed E-state index contributed by atoms with van der Waals surface area (Å²) in [6, 6.07) is 9.39. The Labute approximate surface area is 146 Å². The lowest BCUT2D eigenvalue weighted by atomic mass is 10.0. The lowest BCUT2D eigenvalue weighted by Gasteiger charge is -2.11. The molecule has 132 valence electrons. The van der Waals surface area contributed by atoms with Crippen LogP contribution in [0.15, 0.2) is 47.4 Å². The van der Waals surface area contributed by atoms with Gasteiger partial charge in [0.05, 0.1) is 6.54 Å². The highest BCUT2D eigenvalue weighted by molar-refractivity contribution is 5.90. The largest absolute Gasteiger partial charge is 0.321 e. The summed E-state index contributed by atoms with van der Waals surface area (Å²) < 4.78 is 14.5. The smallest absolute Gasteiger partial charge is 0.274 e. The van der Waals surface area contributed by atoms with Crippen LogP contribution in [0.2, 0.25) is 0 Å². The number of nitrogens with zero attached hydrogens (tertiary/aromatic N) is 1. The summed E-state index contributed by atoms with van der Waals surface area (Å²) >= 11 is 0. The lowest BCUT2D eigenvalue weighted by molar-refractivity contribution is -0.116. The quantitative estimate of drug-likeness (QED) is 0.864. The van der Waals surface area contributed by atoms with Crippen LogP contribution in [0.5, 0.6) is 0 Å². The number of carbonyl (C=O) groups excluding carboxylic acids is 1. The first-order valence-electron chi connectivity index (χ1n) is 8.85. The van der Waals surface area contributed by atoms with E-state index in [-0.39, 0.29) is 17.3 Å². The van der Waals surface area contributed by atoms with E-state index in [0.717, 1.165) is 12.0 Å². The Morgan fingerprint density at radius 3 is 2.60 bits per heavy atom. The number of nitrogens with one attached hydrogen (secondary N) is 1. The fraction of sp³-hybridized carbons (Fsp3) is 0.400. The van der Waals surface area contributed by atoms with Gasteiger partial charge in [0.25, 0.3) is 5.56 Å². The molecule has 0 spiro atoms. The van der Waals surface area contributed by atoms with Gasteiger partial charge in [-0.15, -0.1) is 0 Å². The predicted molar refractivity (Wildman–Crippen MR) is 96.0 cm³/mol. The monoisotopic (exact) mass is 342 g/mol. The number of amides is 1. The zero-order valence-electron chi connectivity index (χ0n) is 14.2. The second kappa shape index (κ2) is 8.10. The molecule has 2 aromatic rings. The standard InChI is InChI=1S/C20H23FN2O2/c21-17-10-7-16(8-11-17)14-23-13-3-6-18(20(23)25)22-19(24)12-9-15-4-1-2-5-15/h3,6-8,10-11,13,15H,1-2,4-5,9,12,14H2,(H,22,24). The fourth-order valence-corrected chi connectivity index (χ4v) is 3.39. The zero-order chi connectivity index (χ0) is 17.6. The van der Waals surface area contributed by atoms with Gasteiger partial charge >= 0.3 is 0 Å². The molecule has 1 aromatic carbocycles. The number of anilines is 1. The molecule has 3 rings (SSSR count). The maximum absolute atomic E-state index is 13.0. The zero-order valence-corrected chi connectivity index (χ0v) is 14.2. The fourth-order valence-electron chi connectivity index (χ4n) is 3.39. The molecule has 0 atom stereocenters. The van der Waals surface area contributed by atoms with Crippen LogP contribution in [0.1, 0.15) is 44.1 Å². The number of hydrogen-bond donors (Lipinski definition) is 1. The third kappa shape index (κ3) is 4.78. The molecule has 0 saturated heterocycles. The van der Waals surface area contributed by atoms with Crippen LogP contribution in [0.25, 0.3) is 0 Å². The summed E-state index contributed by atoms with van der Waals surface area (Å²) in [6.45, 7) is 0.338. The highest BCUT2D eigenvalue weighted by atomic mass is 19.1. The van der Waals surface area contributed by atoms with E-state index < -0.39 is 0 Å². The molecular formula is C20H23FN2O2. The minimum atomic E-state index is -0.306. The molecule has 4 nitrogen and oxygen atoms in total. The number of rotatable bonds is 6. The van der Waals surface area contributed by atoms with Gasteiger partial charge in [0, 0.05) is 12.6 Å². The maximum atomic E-state index is 13.0. The highest BCUT2D eigenvalue weighted by Gasteiger charge is 2.16. The van der Waals surface area contributed by atoms with Gasteiger partial charge in [-0.2, -0.15) is 0 Å². The maximum Gasteiger partial charge on any atom is 0.274 e. The molecule has 1 amide bonds. The van der Waals surface area contributed by atoms with Gasteiger partial charge in [0.1, 0.15) is 11.5 Å². The van der Waals surface area contributed by atoms with Gasteiger partial charge in [-0.3, -0.25) is 9.59 Å². The number of carbonyl (C=O) groups is 1. The van der Waals surface area contributed by atoms with E-state index in [1.807, 2.05) is 0 Å². The molecule has 5 heteroatoms. The van der Waals surface area contributed by atoms with Gasteiger partial charge in [-0.05, 0) is 42.2 Å².